The van der Waals surface area contributed by atoms with Crippen LogP contribution < -0.4 is 14.3 Å². The molecule has 43 heavy (non-hydrogen) atoms. The molecule has 2 N–H and O–H groups in total. The number of carbonyl (C=O) groups is 1. The van der Waals surface area contributed by atoms with Gasteiger partial charge in [-0.15, -0.1) is 0 Å². The molecule has 1 unspecified atom stereocenters. The number of allylic oxidation sites excluding steroid dienone is 1. The molecule has 1 spiro atoms. The molecule has 226 valence electrons. The van der Waals surface area contributed by atoms with E-state index in [-0.39, 0.29) is 6.47 Å². The lowest BCUT2D eigenvalue weighted by atomic mass is 9.60. The largest absolute Gasteiger partial charge is 0.483 e. The molecule has 1 aromatic carbocycles. The van der Waals surface area contributed by atoms with Crippen molar-refractivity contribution in [3.63, 3.8) is 0 Å². The summed E-state index contributed by atoms with van der Waals surface area (Å²) in [6.07, 6.45) is 19.1. The Bertz CT molecular complexity index is 1560. The summed E-state index contributed by atoms with van der Waals surface area (Å²) in [5.74, 6) is 1.69. The van der Waals surface area contributed by atoms with E-state index in [4.69, 9.17) is 19.3 Å². The zero-order chi connectivity index (χ0) is 30.0. The van der Waals surface area contributed by atoms with Gasteiger partial charge in [0.15, 0.2) is 0 Å². The molecule has 2 saturated heterocycles. The smallest absolute Gasteiger partial charge is 0.321 e. The summed E-state index contributed by atoms with van der Waals surface area (Å²) in [5, 5.41) is 7.95. The molecule has 3 aromatic rings. The van der Waals surface area contributed by atoms with E-state index in [1.54, 1.807) is 6.20 Å². The summed E-state index contributed by atoms with van der Waals surface area (Å²) in [6.45, 7) is 10.2. The van der Waals surface area contributed by atoms with E-state index < -0.39 is 0 Å². The van der Waals surface area contributed by atoms with Crippen molar-refractivity contribution in [1.29, 1.82) is 0 Å². The first-order valence-corrected chi connectivity index (χ1v) is 15.7. The fraction of sp³-hybridized carbons (Fsp3) is 0.486. The second kappa shape index (κ2) is 12.0. The molecular formula is C35H44N5O3+. The zero-order valence-corrected chi connectivity index (χ0v) is 25.6. The minimum atomic E-state index is -0.250. The number of aromatic nitrogens is 2. The molecule has 2 aromatic heterocycles. The van der Waals surface area contributed by atoms with Crippen LogP contribution in [-0.2, 0) is 4.79 Å². The van der Waals surface area contributed by atoms with Gasteiger partial charge in [0.25, 0.3) is 12.7 Å². The number of likely N-dealkylation sites (tertiary alicyclic amines) is 1. The quantitative estimate of drug-likeness (QED) is 0.277. The monoisotopic (exact) mass is 582 g/mol. The number of hydrogen-bond donors (Lipinski definition) is 2. The van der Waals surface area contributed by atoms with Crippen LogP contribution in [-0.4, -0.2) is 70.1 Å². The van der Waals surface area contributed by atoms with E-state index in [1.807, 2.05) is 18.5 Å². The fourth-order valence-corrected chi connectivity index (χ4v) is 7.65. The highest BCUT2D eigenvalue weighted by Gasteiger charge is 2.51. The van der Waals surface area contributed by atoms with Crippen LogP contribution in [0.2, 0.25) is 0 Å². The second-order valence-electron chi connectivity index (χ2n) is 13.6. The number of hydrogen-bond acceptors (Lipinski definition) is 5. The molecule has 1 aliphatic carbocycles. The average Bonchev–Trinajstić information content (AvgIpc) is 3.62. The number of nitrogens with zero attached hydrogens (tertiary/aromatic N) is 4. The van der Waals surface area contributed by atoms with Gasteiger partial charge in [-0.1, -0.05) is 24.6 Å². The van der Waals surface area contributed by atoms with Crippen LogP contribution in [0.3, 0.4) is 0 Å². The Kier molecular flexibility index (Phi) is 8.17. The summed E-state index contributed by atoms with van der Waals surface area (Å²) in [5.41, 5.74) is 5.47. The van der Waals surface area contributed by atoms with Crippen LogP contribution in [0.15, 0.2) is 54.9 Å². The molecular weight excluding hydrogens is 538 g/mol. The van der Waals surface area contributed by atoms with E-state index in [0.29, 0.717) is 22.9 Å². The number of piperidine rings is 1. The summed E-state index contributed by atoms with van der Waals surface area (Å²) in [6, 6.07) is 12.0. The third-order valence-corrected chi connectivity index (χ3v) is 10.1. The molecule has 8 nitrogen and oxygen atoms in total. The maximum Gasteiger partial charge on any atom is 0.321 e. The summed E-state index contributed by atoms with van der Waals surface area (Å²) < 4.78 is 11.1. The third kappa shape index (κ3) is 6.27. The predicted octanol–water partition coefficient (Wildman–Crippen LogP) is 6.14. The van der Waals surface area contributed by atoms with Crippen LogP contribution in [0.1, 0.15) is 64.4 Å². The molecule has 3 aliphatic heterocycles. The molecule has 5 heterocycles. The Labute approximate surface area is 254 Å². The minimum Gasteiger partial charge on any atom is -0.483 e. The Morgan fingerprint density at radius 1 is 1.09 bits per heavy atom. The first-order valence-electron chi connectivity index (χ1n) is 15.7. The molecule has 8 heteroatoms. The van der Waals surface area contributed by atoms with Gasteiger partial charge in [0.1, 0.15) is 23.2 Å². The van der Waals surface area contributed by atoms with Gasteiger partial charge in [-0.3, -0.25) is 9.69 Å². The Hall–Kier alpha value is -3.87. The molecule has 0 amide bonds. The lowest BCUT2D eigenvalue weighted by Gasteiger charge is -2.55. The second-order valence-corrected chi connectivity index (χ2v) is 13.6. The number of nitrogens with one attached hydrogen (secondary N) is 1. The molecule has 1 atom stereocenters. The summed E-state index contributed by atoms with van der Waals surface area (Å²) in [7, 11) is 0. The van der Waals surface area contributed by atoms with Crippen molar-refractivity contribution < 1.29 is 14.6 Å². The minimum absolute atomic E-state index is 0.250. The standard InChI is InChI=1S/C34H42N5O.CH2O2/c1-24-7-8-26(19-31(24)40-28-18-25-9-14-36-32(25)37-23-28)38-15-5-10-34(12-16-38)20-27(21-34)39-17-11-33(2,3)22-30(39)29-6-4-13-35-29;2-1-3/h4,6-9,13-14,18-19,23,27,30H,5,10-12,15-17,20-22H2,1-3H3,(H,36,37);1H,(H,2,3)/q+1;. The molecule has 7 rings (SSSR count). The number of H-pyrrole nitrogens is 1. The molecule has 1 saturated carbocycles. The summed E-state index contributed by atoms with van der Waals surface area (Å²) in [4.78, 5) is 21.4. The predicted molar refractivity (Wildman–Crippen MR) is 173 cm³/mol. The number of aromatic amines is 1. The van der Waals surface area contributed by atoms with Crippen molar-refractivity contribution in [2.45, 2.75) is 77.8 Å². The van der Waals surface area contributed by atoms with Gasteiger partial charge in [0, 0.05) is 54.6 Å². The van der Waals surface area contributed by atoms with Crippen molar-refractivity contribution >= 4 is 35.1 Å². The number of anilines is 1. The zero-order valence-electron chi connectivity index (χ0n) is 25.6. The third-order valence-electron chi connectivity index (χ3n) is 10.1. The van der Waals surface area contributed by atoms with Crippen LogP contribution in [0.5, 0.6) is 11.5 Å². The Morgan fingerprint density at radius 2 is 1.93 bits per heavy atom. The topological polar surface area (TPSA) is 95.8 Å². The number of pyridine rings is 1. The van der Waals surface area contributed by atoms with E-state index >= 15 is 0 Å². The van der Waals surface area contributed by atoms with Gasteiger partial charge in [0.2, 0.25) is 0 Å². The Morgan fingerprint density at radius 3 is 2.72 bits per heavy atom. The highest BCUT2D eigenvalue weighted by molar-refractivity contribution is 6.06. The first-order chi connectivity index (χ1) is 20.8. The van der Waals surface area contributed by atoms with Crippen LogP contribution in [0.4, 0.5) is 5.69 Å². The van der Waals surface area contributed by atoms with Crippen molar-refractivity contribution in [3.8, 4) is 11.5 Å². The van der Waals surface area contributed by atoms with Crippen molar-refractivity contribution in [2.24, 2.45) is 10.8 Å². The normalized spacial score (nSPS) is 26.4. The molecule has 0 bridgehead atoms. The number of benzene rings is 1. The van der Waals surface area contributed by atoms with E-state index in [9.17, 15) is 0 Å². The number of carboxylic acid groups (broad SMARTS) is 1. The lowest BCUT2D eigenvalue weighted by molar-refractivity contribution is -0.122. The van der Waals surface area contributed by atoms with Crippen LogP contribution in [0, 0.1) is 17.8 Å². The summed E-state index contributed by atoms with van der Waals surface area (Å²) >= 11 is 0. The highest BCUT2D eigenvalue weighted by Crippen LogP contribution is 2.53. The van der Waals surface area contributed by atoms with E-state index in [0.717, 1.165) is 41.2 Å². The maximum atomic E-state index is 8.36. The van der Waals surface area contributed by atoms with E-state index in [1.165, 1.54) is 62.9 Å². The van der Waals surface area contributed by atoms with Gasteiger partial charge in [-0.25, -0.2) is 4.98 Å². The van der Waals surface area contributed by atoms with Gasteiger partial charge >= 0.3 is 5.71 Å². The SMILES string of the molecule is Cc1ccc(N2CCCC3(CC2)CC(N2CCC(C)(C)CC2C2=[N+]=CC=C2)C3)cc1Oc1cnc2[nH]ccc2c1.O=CO. The van der Waals surface area contributed by atoms with Gasteiger partial charge in [0.05, 0.1) is 6.20 Å². The molecule has 0 radical (unpaired) electrons. The fourth-order valence-electron chi connectivity index (χ4n) is 7.65. The van der Waals surface area contributed by atoms with Gasteiger partial charge in [-0.2, -0.15) is 0 Å². The van der Waals surface area contributed by atoms with Crippen LogP contribution in [0.25, 0.3) is 11.0 Å². The number of aryl methyl sites for hydroxylation is 1. The van der Waals surface area contributed by atoms with E-state index in [2.05, 4.69) is 77.0 Å². The number of fused-ring (bicyclic) bond motifs is 1. The van der Waals surface area contributed by atoms with Gasteiger partial charge in [-0.05, 0) is 93.0 Å². The highest BCUT2D eigenvalue weighted by atomic mass is 16.5. The average molecular weight is 583 g/mol. The number of rotatable bonds is 5. The maximum absolute atomic E-state index is 8.36. The van der Waals surface area contributed by atoms with Gasteiger partial charge < -0.3 is 19.7 Å². The van der Waals surface area contributed by atoms with Crippen molar-refractivity contribution in [3.05, 3.63) is 60.4 Å². The number of ether oxygens (including phenoxy) is 1. The van der Waals surface area contributed by atoms with Crippen LogP contribution >= 0.6 is 0 Å². The van der Waals surface area contributed by atoms with Crippen molar-refractivity contribution in [1.82, 2.24) is 19.5 Å². The van der Waals surface area contributed by atoms with Crippen molar-refractivity contribution in [2.75, 3.05) is 24.5 Å². The lowest BCUT2D eigenvalue weighted by Crippen LogP contribution is -2.59. The molecule has 3 fully saturated rings. The molecule has 4 aliphatic rings. The Balaban J connectivity index is 0.00000105. The first kappa shape index (κ1) is 29.2.